The molecule has 1 saturated heterocycles. The minimum absolute atomic E-state index is 0. The Kier molecular flexibility index (Phi) is 6.09. The van der Waals surface area contributed by atoms with Gasteiger partial charge in [-0.1, -0.05) is 12.1 Å². The number of nitrogen functional groups attached to an aromatic ring is 1. The zero-order valence-corrected chi connectivity index (χ0v) is 18.3. The van der Waals surface area contributed by atoms with Crippen molar-refractivity contribution in [1.82, 2.24) is 4.57 Å². The standard InChI is InChI=1S/C20H23F2N5O4.ClH/c1-20(7-23)8-26(6-11(20)25-31-2)17-13(21)15(24)12-16(14(17)22)27(9-3-4-9)5-10(18(12)28)19(29)30;/h5,9H,3-4,6-8,23-24H2,1-2H3,(H,29,30);1H/b25-11+;/t20-;/m1./s1. The van der Waals surface area contributed by atoms with Crippen molar-refractivity contribution in [3.8, 4) is 0 Å². The highest BCUT2D eigenvalue weighted by atomic mass is 35.5. The topological polar surface area (TPSA) is 136 Å². The van der Waals surface area contributed by atoms with Crippen molar-refractivity contribution in [2.45, 2.75) is 25.8 Å². The van der Waals surface area contributed by atoms with Crippen molar-refractivity contribution in [2.24, 2.45) is 16.3 Å². The number of aromatic nitrogens is 1. The number of hydrogen-bond acceptors (Lipinski definition) is 7. The fraction of sp³-hybridized carbons (Fsp3) is 0.450. The van der Waals surface area contributed by atoms with Gasteiger partial charge in [-0.15, -0.1) is 12.4 Å². The third-order valence-electron chi connectivity index (χ3n) is 6.08. The van der Waals surface area contributed by atoms with Crippen LogP contribution < -0.4 is 21.8 Å². The molecule has 0 spiro atoms. The number of nitrogens with two attached hydrogens (primary N) is 2. The molecule has 174 valence electrons. The summed E-state index contributed by atoms with van der Waals surface area (Å²) in [5.74, 6) is -3.57. The van der Waals surface area contributed by atoms with E-state index in [0.717, 1.165) is 6.20 Å². The van der Waals surface area contributed by atoms with E-state index in [9.17, 15) is 14.7 Å². The smallest absolute Gasteiger partial charge is 0.341 e. The first-order valence-corrected chi connectivity index (χ1v) is 9.78. The lowest BCUT2D eigenvalue weighted by atomic mass is 9.88. The number of rotatable bonds is 5. The predicted molar refractivity (Wildman–Crippen MR) is 119 cm³/mol. The summed E-state index contributed by atoms with van der Waals surface area (Å²) in [5.41, 5.74) is 8.91. The fourth-order valence-electron chi connectivity index (χ4n) is 4.15. The predicted octanol–water partition coefficient (Wildman–Crippen LogP) is 2.10. The van der Waals surface area contributed by atoms with Gasteiger partial charge in [0.15, 0.2) is 11.6 Å². The Morgan fingerprint density at radius 3 is 2.56 bits per heavy atom. The van der Waals surface area contributed by atoms with Gasteiger partial charge in [0.2, 0.25) is 5.43 Å². The SMILES string of the molecule is CO/N=C1\CN(c2c(F)c(N)c3c(=O)c(C(=O)O)cn(C4CC4)c3c2F)C[C@@]1(C)CN.Cl. The zero-order chi connectivity index (χ0) is 22.7. The molecule has 0 unspecified atom stereocenters. The number of halogens is 3. The molecule has 1 saturated carbocycles. The van der Waals surface area contributed by atoms with E-state index in [1.54, 1.807) is 0 Å². The van der Waals surface area contributed by atoms with Gasteiger partial charge < -0.3 is 30.9 Å². The third-order valence-corrected chi connectivity index (χ3v) is 6.08. The summed E-state index contributed by atoms with van der Waals surface area (Å²) in [5, 5.41) is 12.9. The van der Waals surface area contributed by atoms with Gasteiger partial charge in [0.25, 0.3) is 0 Å². The van der Waals surface area contributed by atoms with Crippen LogP contribution in [0.1, 0.15) is 36.2 Å². The van der Waals surface area contributed by atoms with Crippen LogP contribution in [0, 0.1) is 17.0 Å². The Hall–Kier alpha value is -2.92. The van der Waals surface area contributed by atoms with Crippen LogP contribution in [-0.4, -0.2) is 48.1 Å². The van der Waals surface area contributed by atoms with Gasteiger partial charge >= 0.3 is 5.97 Å². The molecule has 12 heteroatoms. The summed E-state index contributed by atoms with van der Waals surface area (Å²) in [7, 11) is 1.37. The zero-order valence-electron chi connectivity index (χ0n) is 17.5. The number of fused-ring (bicyclic) bond motifs is 1. The summed E-state index contributed by atoms with van der Waals surface area (Å²) < 4.78 is 32.6. The number of anilines is 2. The van der Waals surface area contributed by atoms with Crippen LogP contribution in [0.2, 0.25) is 0 Å². The molecule has 5 N–H and O–H groups in total. The second-order valence-electron chi connectivity index (χ2n) is 8.27. The highest BCUT2D eigenvalue weighted by molar-refractivity contribution is 6.02. The van der Waals surface area contributed by atoms with Gasteiger partial charge in [0.1, 0.15) is 18.4 Å². The number of nitrogens with zero attached hydrogens (tertiary/aromatic N) is 3. The van der Waals surface area contributed by atoms with Crippen LogP contribution >= 0.6 is 12.4 Å². The number of hydrogen-bond donors (Lipinski definition) is 3. The lowest BCUT2D eigenvalue weighted by Gasteiger charge is -2.25. The van der Waals surface area contributed by atoms with Crippen molar-refractivity contribution < 1.29 is 23.5 Å². The van der Waals surface area contributed by atoms with Crippen LogP contribution in [0.3, 0.4) is 0 Å². The van der Waals surface area contributed by atoms with Crippen molar-refractivity contribution in [3.05, 3.63) is 33.6 Å². The molecule has 9 nitrogen and oxygen atoms in total. The first kappa shape index (κ1) is 23.7. The quantitative estimate of drug-likeness (QED) is 0.448. The number of oxime groups is 1. The molecule has 2 fully saturated rings. The molecule has 0 amide bonds. The molecule has 1 aromatic heterocycles. The normalized spacial score (nSPS) is 21.8. The number of carboxylic acids is 1. The average Bonchev–Trinajstić information content (AvgIpc) is 3.51. The molecule has 4 rings (SSSR count). The summed E-state index contributed by atoms with van der Waals surface area (Å²) in [6.45, 7) is 2.20. The lowest BCUT2D eigenvalue weighted by Crippen LogP contribution is -2.36. The van der Waals surface area contributed by atoms with Gasteiger partial charge in [0, 0.05) is 30.7 Å². The van der Waals surface area contributed by atoms with E-state index in [4.69, 9.17) is 16.3 Å². The van der Waals surface area contributed by atoms with Gasteiger partial charge in [-0.3, -0.25) is 4.79 Å². The summed E-state index contributed by atoms with van der Waals surface area (Å²) in [6.07, 6.45) is 2.48. The maximum absolute atomic E-state index is 15.8. The monoisotopic (exact) mass is 471 g/mol. The molecule has 1 aromatic carbocycles. The van der Waals surface area contributed by atoms with Crippen molar-refractivity contribution >= 4 is 46.4 Å². The van der Waals surface area contributed by atoms with E-state index < -0.39 is 50.8 Å². The number of carbonyl (C=O) groups is 1. The Labute approximate surface area is 188 Å². The van der Waals surface area contributed by atoms with E-state index in [-0.39, 0.29) is 43.6 Å². The Bertz CT molecular complexity index is 1200. The second kappa shape index (κ2) is 8.21. The van der Waals surface area contributed by atoms with Crippen LogP contribution in [0.25, 0.3) is 10.9 Å². The first-order valence-electron chi connectivity index (χ1n) is 9.78. The van der Waals surface area contributed by atoms with E-state index in [1.165, 1.54) is 16.6 Å². The van der Waals surface area contributed by atoms with E-state index >= 15 is 8.78 Å². The van der Waals surface area contributed by atoms with Gasteiger partial charge in [-0.05, 0) is 12.8 Å². The summed E-state index contributed by atoms with van der Waals surface area (Å²) in [4.78, 5) is 30.6. The molecule has 2 aliphatic rings. The molecule has 1 aliphatic heterocycles. The molecule has 2 heterocycles. The molecular formula is C20H24ClF2N5O4. The maximum atomic E-state index is 15.8. The molecule has 1 aliphatic carbocycles. The van der Waals surface area contributed by atoms with Crippen LogP contribution in [0.5, 0.6) is 0 Å². The van der Waals surface area contributed by atoms with Gasteiger partial charge in [0.05, 0.1) is 28.8 Å². The maximum Gasteiger partial charge on any atom is 0.341 e. The van der Waals surface area contributed by atoms with Crippen molar-refractivity contribution in [1.29, 1.82) is 0 Å². The average molecular weight is 472 g/mol. The molecular weight excluding hydrogens is 448 g/mol. The number of aromatic carboxylic acids is 1. The van der Waals surface area contributed by atoms with E-state index in [2.05, 4.69) is 5.16 Å². The van der Waals surface area contributed by atoms with Crippen LogP contribution in [0.15, 0.2) is 16.1 Å². The first-order chi connectivity index (χ1) is 14.6. The summed E-state index contributed by atoms with van der Waals surface area (Å²) in [6, 6.07) is -0.188. The van der Waals surface area contributed by atoms with Gasteiger partial charge in [-0.25, -0.2) is 13.6 Å². The number of benzene rings is 1. The van der Waals surface area contributed by atoms with Crippen LogP contribution in [0.4, 0.5) is 20.2 Å². The van der Waals surface area contributed by atoms with E-state index in [1.807, 2.05) is 6.92 Å². The Balaban J connectivity index is 0.00000289. The second-order valence-corrected chi connectivity index (χ2v) is 8.27. The minimum atomic E-state index is -1.48. The molecule has 32 heavy (non-hydrogen) atoms. The third kappa shape index (κ3) is 3.45. The fourth-order valence-corrected chi connectivity index (χ4v) is 4.15. The summed E-state index contributed by atoms with van der Waals surface area (Å²) >= 11 is 0. The Morgan fingerprint density at radius 2 is 2.03 bits per heavy atom. The number of carboxylic acid groups (broad SMARTS) is 1. The van der Waals surface area contributed by atoms with Gasteiger partial charge in [-0.2, -0.15) is 0 Å². The molecule has 2 aromatic rings. The molecule has 1 atom stereocenters. The van der Waals surface area contributed by atoms with Crippen LogP contribution in [-0.2, 0) is 4.84 Å². The molecule has 0 radical (unpaired) electrons. The van der Waals surface area contributed by atoms with E-state index in [0.29, 0.717) is 18.6 Å². The number of pyridine rings is 1. The lowest BCUT2D eigenvalue weighted by molar-refractivity contribution is 0.0695. The Morgan fingerprint density at radius 1 is 1.38 bits per heavy atom. The largest absolute Gasteiger partial charge is 0.477 e. The van der Waals surface area contributed by atoms with Crippen molar-refractivity contribution in [3.63, 3.8) is 0 Å². The molecule has 0 bridgehead atoms. The highest BCUT2D eigenvalue weighted by Crippen LogP contribution is 2.43. The highest BCUT2D eigenvalue weighted by Gasteiger charge is 2.43. The van der Waals surface area contributed by atoms with Crippen molar-refractivity contribution in [2.75, 3.05) is 37.4 Å². The minimum Gasteiger partial charge on any atom is -0.477 e.